The van der Waals surface area contributed by atoms with Crippen LogP contribution in [0.5, 0.6) is 5.75 Å². The van der Waals surface area contributed by atoms with E-state index in [0.29, 0.717) is 6.54 Å². The Kier molecular flexibility index (Phi) is 5.08. The first-order chi connectivity index (χ1) is 9.03. The van der Waals surface area contributed by atoms with Crippen molar-refractivity contribution in [3.05, 3.63) is 29.3 Å². The first kappa shape index (κ1) is 16.8. The van der Waals surface area contributed by atoms with Gasteiger partial charge in [-0.05, 0) is 47.6 Å². The molecule has 1 rings (SSSR count). The molecule has 1 atom stereocenters. The largest absolute Gasteiger partial charge is 0.573 e. The fraction of sp³-hybridized carbons (Fsp3) is 0.600. The molecule has 0 fully saturated rings. The highest BCUT2D eigenvalue weighted by molar-refractivity contribution is 5.39. The first-order valence-corrected chi connectivity index (χ1v) is 6.64. The van der Waals surface area contributed by atoms with Gasteiger partial charge in [0.2, 0.25) is 0 Å². The van der Waals surface area contributed by atoms with E-state index < -0.39 is 6.36 Å². The lowest BCUT2D eigenvalue weighted by Crippen LogP contribution is -2.19. The maximum absolute atomic E-state index is 12.4. The molecule has 0 aliphatic heterocycles. The topological polar surface area (TPSA) is 35.2 Å². The molecule has 0 spiro atoms. The maximum Gasteiger partial charge on any atom is 0.573 e. The van der Waals surface area contributed by atoms with Crippen LogP contribution >= 0.6 is 0 Å². The summed E-state index contributed by atoms with van der Waals surface area (Å²) < 4.78 is 41.3. The van der Waals surface area contributed by atoms with Crippen molar-refractivity contribution in [2.75, 3.05) is 6.54 Å². The van der Waals surface area contributed by atoms with Gasteiger partial charge in [-0.15, -0.1) is 13.2 Å². The molecule has 0 heterocycles. The lowest BCUT2D eigenvalue weighted by atomic mass is 9.84. The van der Waals surface area contributed by atoms with E-state index in [1.54, 1.807) is 0 Å². The van der Waals surface area contributed by atoms with E-state index >= 15 is 0 Å². The van der Waals surface area contributed by atoms with Crippen LogP contribution in [0.2, 0.25) is 0 Å². The maximum atomic E-state index is 12.4. The molecular weight excluding hydrogens is 267 g/mol. The highest BCUT2D eigenvalue weighted by Gasteiger charge is 2.32. The zero-order valence-electron chi connectivity index (χ0n) is 12.3. The average Bonchev–Trinajstić information content (AvgIpc) is 2.25. The van der Waals surface area contributed by atoms with Crippen molar-refractivity contribution in [2.24, 2.45) is 5.73 Å². The quantitative estimate of drug-likeness (QED) is 0.895. The van der Waals surface area contributed by atoms with Gasteiger partial charge in [0, 0.05) is 0 Å². The molecule has 0 radical (unpaired) electrons. The number of hydrogen-bond acceptors (Lipinski definition) is 2. The Balaban J connectivity index is 3.21. The van der Waals surface area contributed by atoms with E-state index in [-0.39, 0.29) is 17.1 Å². The summed E-state index contributed by atoms with van der Waals surface area (Å²) in [6, 6.07) is 4.83. The molecule has 0 bridgehead atoms. The van der Waals surface area contributed by atoms with Crippen molar-refractivity contribution in [3.63, 3.8) is 0 Å². The number of rotatable bonds is 4. The van der Waals surface area contributed by atoms with Gasteiger partial charge in [0.1, 0.15) is 5.75 Å². The molecule has 1 unspecified atom stereocenters. The molecule has 0 aliphatic rings. The molecule has 114 valence electrons. The minimum Gasteiger partial charge on any atom is -0.406 e. The second-order valence-electron chi connectivity index (χ2n) is 6.07. The fourth-order valence-electron chi connectivity index (χ4n) is 1.95. The van der Waals surface area contributed by atoms with Crippen LogP contribution < -0.4 is 10.5 Å². The minimum absolute atomic E-state index is 0.0953. The predicted molar refractivity (Wildman–Crippen MR) is 73.9 cm³/mol. The van der Waals surface area contributed by atoms with E-state index in [2.05, 4.69) is 4.74 Å². The van der Waals surface area contributed by atoms with Gasteiger partial charge in [-0.1, -0.05) is 33.8 Å². The van der Waals surface area contributed by atoms with Crippen molar-refractivity contribution in [1.82, 2.24) is 0 Å². The third-order valence-corrected chi connectivity index (χ3v) is 3.20. The fourth-order valence-corrected chi connectivity index (χ4v) is 1.95. The molecule has 2 N–H and O–H groups in total. The Morgan fingerprint density at radius 2 is 1.75 bits per heavy atom. The van der Waals surface area contributed by atoms with Gasteiger partial charge in [0.25, 0.3) is 0 Å². The summed E-state index contributed by atoms with van der Waals surface area (Å²) in [5, 5.41) is 0. The lowest BCUT2D eigenvalue weighted by Gasteiger charge is -2.23. The van der Waals surface area contributed by atoms with E-state index in [0.717, 1.165) is 17.5 Å². The van der Waals surface area contributed by atoms with Gasteiger partial charge < -0.3 is 10.5 Å². The van der Waals surface area contributed by atoms with Gasteiger partial charge in [0.05, 0.1) is 0 Å². The molecule has 20 heavy (non-hydrogen) atoms. The second kappa shape index (κ2) is 6.04. The summed E-state index contributed by atoms with van der Waals surface area (Å²) in [4.78, 5) is 0. The smallest absolute Gasteiger partial charge is 0.406 e. The second-order valence-corrected chi connectivity index (χ2v) is 6.07. The summed E-state index contributed by atoms with van der Waals surface area (Å²) >= 11 is 0. The normalized spacial score (nSPS) is 14.2. The number of benzene rings is 1. The molecule has 2 nitrogen and oxygen atoms in total. The summed E-state index contributed by atoms with van der Waals surface area (Å²) in [7, 11) is 0. The van der Waals surface area contributed by atoms with Crippen LogP contribution in [0.4, 0.5) is 13.2 Å². The molecule has 0 saturated carbocycles. The van der Waals surface area contributed by atoms with Crippen LogP contribution in [0.15, 0.2) is 18.2 Å². The van der Waals surface area contributed by atoms with Crippen LogP contribution in [0.1, 0.15) is 51.2 Å². The van der Waals surface area contributed by atoms with Crippen molar-refractivity contribution in [2.45, 2.75) is 51.8 Å². The Hall–Kier alpha value is -1.23. The van der Waals surface area contributed by atoms with Crippen molar-refractivity contribution >= 4 is 0 Å². The highest BCUT2D eigenvalue weighted by Crippen LogP contribution is 2.33. The SMILES string of the molecule is CC(CCN)c1cc(OC(F)(F)F)cc(C(C)(C)C)c1. The van der Waals surface area contributed by atoms with E-state index in [1.807, 2.05) is 33.8 Å². The molecule has 1 aromatic rings. The molecular formula is C15H22F3NO. The Labute approximate surface area is 118 Å². The van der Waals surface area contributed by atoms with Crippen LogP contribution in [0.25, 0.3) is 0 Å². The standard InChI is InChI=1S/C15H22F3NO/c1-10(5-6-19)11-7-12(14(2,3)4)9-13(8-11)20-15(16,17)18/h7-10H,5-6,19H2,1-4H3. The zero-order valence-corrected chi connectivity index (χ0v) is 12.3. The first-order valence-electron chi connectivity index (χ1n) is 6.64. The van der Waals surface area contributed by atoms with E-state index in [4.69, 9.17) is 5.73 Å². The summed E-state index contributed by atoms with van der Waals surface area (Å²) in [5.41, 5.74) is 6.91. The number of halogens is 3. The van der Waals surface area contributed by atoms with Crippen LogP contribution in [-0.2, 0) is 5.41 Å². The third kappa shape index (κ3) is 5.04. The monoisotopic (exact) mass is 289 g/mol. The van der Waals surface area contributed by atoms with Crippen molar-refractivity contribution < 1.29 is 17.9 Å². The van der Waals surface area contributed by atoms with Crippen LogP contribution in [0.3, 0.4) is 0 Å². The van der Waals surface area contributed by atoms with Crippen LogP contribution in [-0.4, -0.2) is 12.9 Å². The minimum atomic E-state index is -4.68. The number of ether oxygens (including phenoxy) is 1. The van der Waals surface area contributed by atoms with Gasteiger partial charge in [-0.2, -0.15) is 0 Å². The zero-order chi connectivity index (χ0) is 15.6. The Morgan fingerprint density at radius 3 is 2.20 bits per heavy atom. The Morgan fingerprint density at radius 1 is 1.15 bits per heavy atom. The lowest BCUT2D eigenvalue weighted by molar-refractivity contribution is -0.274. The molecule has 0 aromatic heterocycles. The van der Waals surface area contributed by atoms with Gasteiger partial charge in [-0.25, -0.2) is 0 Å². The van der Waals surface area contributed by atoms with Crippen LogP contribution in [0, 0.1) is 0 Å². The number of alkyl halides is 3. The van der Waals surface area contributed by atoms with Gasteiger partial charge in [-0.3, -0.25) is 0 Å². The van der Waals surface area contributed by atoms with Gasteiger partial charge in [0.15, 0.2) is 0 Å². The predicted octanol–water partition coefficient (Wildman–Crippen LogP) is 4.34. The number of nitrogens with two attached hydrogens (primary N) is 1. The number of hydrogen-bond donors (Lipinski definition) is 1. The average molecular weight is 289 g/mol. The molecule has 0 amide bonds. The van der Waals surface area contributed by atoms with E-state index in [1.165, 1.54) is 12.1 Å². The van der Waals surface area contributed by atoms with E-state index in [9.17, 15) is 13.2 Å². The molecule has 1 aromatic carbocycles. The summed E-state index contributed by atoms with van der Waals surface area (Å²) in [5.74, 6) is -0.0679. The summed E-state index contributed by atoms with van der Waals surface area (Å²) in [6.45, 7) is 8.31. The Bertz CT molecular complexity index is 449. The van der Waals surface area contributed by atoms with Gasteiger partial charge >= 0.3 is 6.36 Å². The van der Waals surface area contributed by atoms with Crippen molar-refractivity contribution in [1.29, 1.82) is 0 Å². The highest BCUT2D eigenvalue weighted by atomic mass is 19.4. The summed E-state index contributed by atoms with van der Waals surface area (Å²) in [6.07, 6.45) is -3.95. The molecule has 0 aliphatic carbocycles. The third-order valence-electron chi connectivity index (χ3n) is 3.20. The molecule has 5 heteroatoms. The molecule has 0 saturated heterocycles. The van der Waals surface area contributed by atoms with Crippen molar-refractivity contribution in [3.8, 4) is 5.75 Å².